The van der Waals surface area contributed by atoms with Crippen LogP contribution in [0.5, 0.6) is 0 Å². The van der Waals surface area contributed by atoms with E-state index in [4.69, 9.17) is 18.9 Å². The average Bonchev–Trinajstić information content (AvgIpc) is 3.27. The van der Waals surface area contributed by atoms with Crippen LogP contribution in [0.1, 0.15) is 97.3 Å². The van der Waals surface area contributed by atoms with E-state index in [1.807, 2.05) is 6.08 Å². The Kier molecular flexibility index (Phi) is 35.1. The lowest BCUT2D eigenvalue weighted by Crippen LogP contribution is -2.53. The highest BCUT2D eigenvalue weighted by molar-refractivity contribution is 7.89. The van der Waals surface area contributed by atoms with E-state index in [0.29, 0.717) is 0 Å². The highest BCUT2D eigenvalue weighted by Crippen LogP contribution is 2.27. The maximum Gasteiger partial charge on any atom is 0.297 e. The van der Waals surface area contributed by atoms with E-state index >= 15 is 0 Å². The molecule has 1 aliphatic heterocycles. The first-order valence-corrected chi connectivity index (χ1v) is 20.6. The minimum absolute atomic E-state index is 0.0670. The van der Waals surface area contributed by atoms with Crippen LogP contribution in [0.15, 0.2) is 12.2 Å². The van der Waals surface area contributed by atoms with Crippen LogP contribution in [0.2, 0.25) is 0 Å². The molecule has 4 unspecified atom stereocenters. The smallest absolute Gasteiger partial charge is 0.297 e. The molecule has 1 fully saturated rings. The van der Waals surface area contributed by atoms with Crippen molar-refractivity contribution in [3.05, 3.63) is 12.2 Å². The number of ether oxygens (including phenoxy) is 2. The maximum absolute atomic E-state index is 12.7. The van der Waals surface area contributed by atoms with Gasteiger partial charge in [-0.15, -0.1) is 4.33 Å². The van der Waals surface area contributed by atoms with Crippen molar-refractivity contribution in [2.75, 3.05) is 13.2 Å². The molecule has 1 heterocycles. The van der Waals surface area contributed by atoms with Gasteiger partial charge in [-0.3, -0.25) is 8.98 Å². The first kappa shape index (κ1) is 53.9. The van der Waals surface area contributed by atoms with Gasteiger partial charge in [-0.1, -0.05) is 94.2 Å². The Morgan fingerprint density at radius 2 is 1.21 bits per heavy atom. The van der Waals surface area contributed by atoms with Crippen LogP contribution < -0.4 is 5.32 Å². The average molecular weight is 856 g/mol. The second-order valence-electron chi connectivity index (χ2n) is 12.7. The standard InChI is InChI=1S/C50H49NO10S/c1-3-5-7-9-11-13-15-17-18-19-20-21-22-23-24-25-26-28-30-32-34-36-38-40-48(54)51-45(43-57-50-49(55)47(59-62-61-60-56)41-44(42-52)58-50)46(53)39-37-35-33-31-29-27-16-14-12-10-8-6-4-2/h37,39,44-47,49-50,52-53,55-56H,4,6,8,10,12,14,16,27,29,31,33,35,41-43H2,1-2H3,(H,51,54)/b39-37+/t44?,45-,46+,47?,49?,50?/m0/s1. The van der Waals surface area contributed by atoms with Crippen LogP contribution in [-0.4, -0.2) is 76.4 Å². The molecule has 0 spiro atoms. The third-order valence-corrected chi connectivity index (χ3v) is 8.44. The molecule has 11 nitrogen and oxygen atoms in total. The lowest BCUT2D eigenvalue weighted by molar-refractivity contribution is -0.434. The van der Waals surface area contributed by atoms with E-state index in [1.165, 1.54) is 51.4 Å². The highest BCUT2D eigenvalue weighted by atomic mass is 32.2. The molecule has 12 heteroatoms. The first-order chi connectivity index (χ1) is 30.5. The predicted molar refractivity (Wildman–Crippen MR) is 237 cm³/mol. The summed E-state index contributed by atoms with van der Waals surface area (Å²) in [5.41, 5.74) is 0. The van der Waals surface area contributed by atoms with Crippen molar-refractivity contribution < 1.29 is 48.4 Å². The van der Waals surface area contributed by atoms with Crippen molar-refractivity contribution in [2.45, 2.75) is 134 Å². The summed E-state index contributed by atoms with van der Waals surface area (Å²) in [6.45, 7) is 3.17. The minimum Gasteiger partial charge on any atom is -0.394 e. The van der Waals surface area contributed by atoms with Gasteiger partial charge in [0.25, 0.3) is 5.91 Å². The molecule has 1 amide bonds. The predicted octanol–water partition coefficient (Wildman–Crippen LogP) is 4.00. The second kappa shape index (κ2) is 40.3. The summed E-state index contributed by atoms with van der Waals surface area (Å²) < 4.78 is 20.9. The summed E-state index contributed by atoms with van der Waals surface area (Å²) in [6.07, 6.45) is 12.1. The molecular weight excluding hydrogens is 807 g/mol. The zero-order chi connectivity index (χ0) is 45.0. The SMILES string of the molecule is CC#CC#CC#CC#CC#CC#CC#CC#CC#CC#CC#CC#CC(=O)N[C@@H](COC1OC(CO)CC(OSOOO)C1O)[C@H](O)/C=C/CCCCCCCCCCCCC. The van der Waals surface area contributed by atoms with Crippen molar-refractivity contribution in [3.63, 3.8) is 0 Å². The van der Waals surface area contributed by atoms with Gasteiger partial charge in [0, 0.05) is 47.9 Å². The first-order valence-electron chi connectivity index (χ1n) is 19.9. The molecule has 0 aromatic carbocycles. The van der Waals surface area contributed by atoms with Crippen LogP contribution >= 0.6 is 12.3 Å². The Labute approximate surface area is 372 Å². The molecular formula is C50H49NO10S. The minimum atomic E-state index is -1.37. The number of nitrogens with one attached hydrogen (secondary N) is 1. The molecule has 5 N–H and O–H groups in total. The Balaban J connectivity index is 2.78. The second-order valence-corrected chi connectivity index (χ2v) is 13.1. The number of rotatable bonds is 23. The van der Waals surface area contributed by atoms with Gasteiger partial charge in [-0.05, 0) is 114 Å². The number of carbonyl (C=O) groups is 1. The summed E-state index contributed by atoms with van der Waals surface area (Å²) in [7, 11) is 0. The van der Waals surface area contributed by atoms with E-state index in [2.05, 4.69) is 164 Å². The summed E-state index contributed by atoms with van der Waals surface area (Å²) in [4.78, 5) is 12.7. The van der Waals surface area contributed by atoms with Gasteiger partial charge >= 0.3 is 0 Å². The van der Waals surface area contributed by atoms with Gasteiger partial charge < -0.3 is 30.1 Å². The third-order valence-electron chi connectivity index (χ3n) is 8.00. The maximum atomic E-state index is 12.7. The fourth-order valence-corrected chi connectivity index (χ4v) is 5.38. The van der Waals surface area contributed by atoms with Gasteiger partial charge in [-0.2, -0.15) is 0 Å². The lowest BCUT2D eigenvalue weighted by atomic mass is 10.0. The number of carbonyl (C=O) groups excluding carboxylic acids is 1. The van der Waals surface area contributed by atoms with Crippen molar-refractivity contribution in [2.24, 2.45) is 0 Å². The molecule has 0 bridgehead atoms. The molecule has 0 radical (unpaired) electrons. The monoisotopic (exact) mass is 855 g/mol. The van der Waals surface area contributed by atoms with E-state index in [9.17, 15) is 20.1 Å². The van der Waals surface area contributed by atoms with Crippen LogP contribution in [0.25, 0.3) is 0 Å². The topological polar surface area (TPSA) is 156 Å². The fourth-order valence-electron chi connectivity index (χ4n) is 5.03. The molecule has 62 heavy (non-hydrogen) atoms. The summed E-state index contributed by atoms with van der Waals surface area (Å²) in [5, 5.41) is 46.0. The molecule has 1 aliphatic rings. The van der Waals surface area contributed by atoms with E-state index in [0.717, 1.165) is 25.7 Å². The summed E-state index contributed by atoms with van der Waals surface area (Å²) in [6, 6.07) is -1.02. The molecule has 1 rings (SSSR count). The van der Waals surface area contributed by atoms with Crippen molar-refractivity contribution in [3.8, 4) is 142 Å². The van der Waals surface area contributed by atoms with Crippen molar-refractivity contribution in [1.29, 1.82) is 0 Å². The van der Waals surface area contributed by atoms with Crippen LogP contribution in [0, 0.1) is 142 Å². The number of hydrogen-bond acceptors (Lipinski definition) is 11. The van der Waals surface area contributed by atoms with E-state index in [1.54, 1.807) is 13.0 Å². The molecule has 320 valence electrons. The van der Waals surface area contributed by atoms with Crippen molar-refractivity contribution >= 4 is 18.2 Å². The Hall–Kier alpha value is -6.08. The Morgan fingerprint density at radius 1 is 0.742 bits per heavy atom. The van der Waals surface area contributed by atoms with Gasteiger partial charge in [0.05, 0.1) is 31.5 Å². The van der Waals surface area contributed by atoms with Crippen LogP contribution in [0.3, 0.4) is 0 Å². The quantitative estimate of drug-likeness (QED) is 0.0253. The van der Waals surface area contributed by atoms with Gasteiger partial charge in [0.1, 0.15) is 12.2 Å². The number of unbranched alkanes of at least 4 members (excludes halogenated alkanes) is 11. The molecule has 1 saturated heterocycles. The highest BCUT2D eigenvalue weighted by Gasteiger charge is 2.40. The van der Waals surface area contributed by atoms with Gasteiger partial charge in [0.15, 0.2) is 18.6 Å². The number of aliphatic hydroxyl groups is 3. The van der Waals surface area contributed by atoms with E-state index < -0.39 is 49.3 Å². The summed E-state index contributed by atoms with van der Waals surface area (Å²) in [5.74, 6) is 59.0. The Bertz CT molecular complexity index is 2200. The molecule has 0 aromatic rings. The molecule has 0 aromatic heterocycles. The number of allylic oxidation sites excluding steroid dienone is 1. The molecule has 0 saturated carbocycles. The number of aliphatic hydroxyl groups excluding tert-OH is 3. The van der Waals surface area contributed by atoms with Gasteiger partial charge in [0.2, 0.25) is 0 Å². The third kappa shape index (κ3) is 30.9. The lowest BCUT2D eigenvalue weighted by Gasteiger charge is -2.38. The zero-order valence-corrected chi connectivity index (χ0v) is 35.7. The molecule has 0 aliphatic carbocycles. The fraction of sp³-hybridized carbons (Fsp3) is 0.460. The normalized spacial score (nSPS) is 16.0. The van der Waals surface area contributed by atoms with E-state index in [-0.39, 0.29) is 25.4 Å². The van der Waals surface area contributed by atoms with Crippen molar-refractivity contribution in [1.82, 2.24) is 5.32 Å². The number of amides is 1. The van der Waals surface area contributed by atoms with Gasteiger partial charge in [-0.25, -0.2) is 5.26 Å². The molecule has 6 atom stereocenters. The number of hydrogen-bond donors (Lipinski definition) is 5. The largest absolute Gasteiger partial charge is 0.394 e. The Morgan fingerprint density at radius 3 is 1.68 bits per heavy atom. The summed E-state index contributed by atoms with van der Waals surface area (Å²) >= 11 is 0.264. The van der Waals surface area contributed by atoms with Crippen LogP contribution in [-0.2, 0) is 27.8 Å². The van der Waals surface area contributed by atoms with Crippen LogP contribution in [0.4, 0.5) is 0 Å². The zero-order valence-electron chi connectivity index (χ0n) is 34.9.